The summed E-state index contributed by atoms with van der Waals surface area (Å²) in [4.78, 5) is 16.4. The smallest absolute Gasteiger partial charge is 0.239 e. The van der Waals surface area contributed by atoms with E-state index in [0.717, 1.165) is 23.3 Å². The van der Waals surface area contributed by atoms with Crippen molar-refractivity contribution < 1.29 is 19.0 Å². The molecule has 0 saturated carbocycles. The van der Waals surface area contributed by atoms with Gasteiger partial charge in [-0.05, 0) is 25.5 Å². The number of hydrogen-bond acceptors (Lipinski definition) is 5. The van der Waals surface area contributed by atoms with Gasteiger partial charge in [0.2, 0.25) is 5.91 Å². The summed E-state index contributed by atoms with van der Waals surface area (Å²) in [5.74, 6) is 1.29. The number of guanidine groups is 1. The summed E-state index contributed by atoms with van der Waals surface area (Å²) in [6.45, 7) is 7.53. The van der Waals surface area contributed by atoms with Crippen LogP contribution in [-0.2, 0) is 20.8 Å². The number of nitrogens with one attached hydrogen (secondary N) is 3. The van der Waals surface area contributed by atoms with Gasteiger partial charge in [-0.25, -0.2) is 4.99 Å². The molecule has 8 heteroatoms. The maximum atomic E-state index is 11.8. The normalized spacial score (nSPS) is 11.2. The number of hydrogen-bond donors (Lipinski definition) is 3. The predicted octanol–water partition coefficient (Wildman–Crippen LogP) is 1.23. The molecule has 0 aliphatic rings. The van der Waals surface area contributed by atoms with Gasteiger partial charge in [-0.2, -0.15) is 0 Å². The van der Waals surface area contributed by atoms with Crippen LogP contribution in [0.15, 0.2) is 23.2 Å². The largest absolute Gasteiger partial charge is 0.493 e. The lowest BCUT2D eigenvalue weighted by Crippen LogP contribution is -2.43. The minimum absolute atomic E-state index is 0.111. The van der Waals surface area contributed by atoms with Crippen LogP contribution in [0.1, 0.15) is 24.5 Å². The highest BCUT2D eigenvalue weighted by molar-refractivity contribution is 5.86. The third-order valence-corrected chi connectivity index (χ3v) is 3.77. The Hall–Kier alpha value is -2.32. The predicted molar refractivity (Wildman–Crippen MR) is 111 cm³/mol. The molecule has 0 aromatic heterocycles. The first-order valence-corrected chi connectivity index (χ1v) is 9.59. The second kappa shape index (κ2) is 14.7. The van der Waals surface area contributed by atoms with Gasteiger partial charge in [0.05, 0.1) is 26.3 Å². The van der Waals surface area contributed by atoms with Crippen LogP contribution >= 0.6 is 0 Å². The van der Waals surface area contributed by atoms with E-state index in [9.17, 15) is 4.79 Å². The number of nitrogens with zero attached hydrogens (tertiary/aromatic N) is 1. The van der Waals surface area contributed by atoms with Crippen molar-refractivity contribution in [1.82, 2.24) is 16.0 Å². The van der Waals surface area contributed by atoms with Crippen LogP contribution in [0.25, 0.3) is 0 Å². The summed E-state index contributed by atoms with van der Waals surface area (Å²) in [6.07, 6.45) is 0.829. The Labute approximate surface area is 168 Å². The monoisotopic (exact) mass is 394 g/mol. The first-order valence-electron chi connectivity index (χ1n) is 9.59. The van der Waals surface area contributed by atoms with E-state index < -0.39 is 0 Å². The van der Waals surface area contributed by atoms with Crippen molar-refractivity contribution in [1.29, 1.82) is 0 Å². The van der Waals surface area contributed by atoms with Crippen LogP contribution in [0.4, 0.5) is 0 Å². The van der Waals surface area contributed by atoms with E-state index in [0.29, 0.717) is 45.4 Å². The lowest BCUT2D eigenvalue weighted by molar-refractivity contribution is -0.120. The molecule has 0 aliphatic carbocycles. The Morgan fingerprint density at radius 1 is 1.07 bits per heavy atom. The molecule has 1 rings (SSSR count). The fourth-order valence-electron chi connectivity index (χ4n) is 2.34. The zero-order chi connectivity index (χ0) is 20.6. The third-order valence-electron chi connectivity index (χ3n) is 3.77. The summed E-state index contributed by atoms with van der Waals surface area (Å²) >= 11 is 0. The fraction of sp³-hybridized carbons (Fsp3) is 0.600. The average molecular weight is 395 g/mol. The summed E-state index contributed by atoms with van der Waals surface area (Å²) in [6, 6.07) is 6.07. The van der Waals surface area contributed by atoms with Gasteiger partial charge >= 0.3 is 0 Å². The minimum Gasteiger partial charge on any atom is -0.493 e. The topological polar surface area (TPSA) is 93.2 Å². The van der Waals surface area contributed by atoms with Crippen molar-refractivity contribution in [3.05, 3.63) is 29.3 Å². The van der Waals surface area contributed by atoms with Gasteiger partial charge in [0, 0.05) is 45.9 Å². The van der Waals surface area contributed by atoms with Crippen LogP contribution in [0, 0.1) is 6.92 Å². The van der Waals surface area contributed by atoms with Crippen LogP contribution in [0.3, 0.4) is 0 Å². The molecule has 0 spiro atoms. The highest BCUT2D eigenvalue weighted by Gasteiger charge is 2.07. The second-order valence-electron chi connectivity index (χ2n) is 6.20. The van der Waals surface area contributed by atoms with Gasteiger partial charge in [0.25, 0.3) is 0 Å². The van der Waals surface area contributed by atoms with Crippen LogP contribution in [0.2, 0.25) is 0 Å². The van der Waals surface area contributed by atoms with Crippen molar-refractivity contribution in [3.8, 4) is 5.75 Å². The van der Waals surface area contributed by atoms with Gasteiger partial charge in [0.1, 0.15) is 5.75 Å². The lowest BCUT2D eigenvalue weighted by Gasteiger charge is -2.14. The Morgan fingerprint density at radius 3 is 2.57 bits per heavy atom. The summed E-state index contributed by atoms with van der Waals surface area (Å²) in [5.41, 5.74) is 2.12. The van der Waals surface area contributed by atoms with Gasteiger partial charge < -0.3 is 30.2 Å². The van der Waals surface area contributed by atoms with E-state index in [-0.39, 0.29) is 12.5 Å². The summed E-state index contributed by atoms with van der Waals surface area (Å²) in [5, 5.41) is 8.94. The van der Waals surface area contributed by atoms with E-state index in [4.69, 9.17) is 14.2 Å². The Balaban J connectivity index is 2.66. The molecule has 3 N–H and O–H groups in total. The quantitative estimate of drug-likeness (QED) is 0.265. The number of carbonyl (C=O) groups excluding carboxylic acids is 1. The molecule has 0 heterocycles. The molecule has 0 fully saturated rings. The standard InChI is InChI=1S/C20H34N4O4/c1-5-21-20(24-15-19(25)22-9-12-27-4)23-14-17-8-7-16(2)13-18(17)28-11-6-10-26-3/h7-8,13H,5-6,9-12,14-15H2,1-4H3,(H,22,25)(H2,21,23,24). The molecular weight excluding hydrogens is 360 g/mol. The maximum Gasteiger partial charge on any atom is 0.239 e. The fourth-order valence-corrected chi connectivity index (χ4v) is 2.34. The number of aryl methyl sites for hydroxylation is 1. The molecule has 0 unspecified atom stereocenters. The Morgan fingerprint density at radius 2 is 1.86 bits per heavy atom. The second-order valence-corrected chi connectivity index (χ2v) is 6.20. The molecule has 0 aliphatic heterocycles. The zero-order valence-electron chi connectivity index (χ0n) is 17.5. The van der Waals surface area contributed by atoms with Gasteiger partial charge in [-0.1, -0.05) is 12.1 Å². The Bertz CT molecular complexity index is 608. The summed E-state index contributed by atoms with van der Waals surface area (Å²) < 4.78 is 15.9. The van der Waals surface area contributed by atoms with Gasteiger partial charge in [0.15, 0.2) is 5.96 Å². The average Bonchev–Trinajstić information content (AvgIpc) is 2.68. The van der Waals surface area contributed by atoms with Crippen molar-refractivity contribution in [2.24, 2.45) is 4.99 Å². The van der Waals surface area contributed by atoms with Gasteiger partial charge in [-0.3, -0.25) is 4.79 Å². The Kier molecular flexibility index (Phi) is 12.5. The number of aliphatic imine (C=N–C) groups is 1. The molecule has 1 aromatic carbocycles. The first-order chi connectivity index (χ1) is 13.6. The zero-order valence-corrected chi connectivity index (χ0v) is 17.5. The first kappa shape index (κ1) is 23.7. The molecule has 158 valence electrons. The summed E-state index contributed by atoms with van der Waals surface area (Å²) in [7, 11) is 3.28. The van der Waals surface area contributed by atoms with E-state index in [1.807, 2.05) is 32.0 Å². The number of amides is 1. The van der Waals surface area contributed by atoms with E-state index in [1.54, 1.807) is 14.2 Å². The number of methoxy groups -OCH3 is 2. The number of ether oxygens (including phenoxy) is 3. The lowest BCUT2D eigenvalue weighted by atomic mass is 10.1. The van der Waals surface area contributed by atoms with E-state index >= 15 is 0 Å². The van der Waals surface area contributed by atoms with Crippen molar-refractivity contribution in [2.75, 3.05) is 53.7 Å². The molecule has 0 radical (unpaired) electrons. The molecule has 1 aromatic rings. The minimum atomic E-state index is -0.111. The molecule has 1 amide bonds. The van der Waals surface area contributed by atoms with E-state index in [2.05, 4.69) is 20.9 Å². The number of rotatable bonds is 13. The van der Waals surface area contributed by atoms with Crippen LogP contribution in [-0.4, -0.2) is 65.5 Å². The number of benzene rings is 1. The SMILES string of the molecule is CCNC(=NCc1ccc(C)cc1OCCCOC)NCC(=O)NCCOC. The molecule has 0 atom stereocenters. The molecular formula is C20H34N4O4. The molecule has 28 heavy (non-hydrogen) atoms. The van der Waals surface area contributed by atoms with Crippen LogP contribution in [0.5, 0.6) is 5.75 Å². The van der Waals surface area contributed by atoms with E-state index in [1.165, 1.54) is 0 Å². The molecule has 0 bridgehead atoms. The maximum absolute atomic E-state index is 11.8. The molecule has 8 nitrogen and oxygen atoms in total. The van der Waals surface area contributed by atoms with Crippen molar-refractivity contribution in [2.45, 2.75) is 26.8 Å². The third kappa shape index (κ3) is 10.1. The van der Waals surface area contributed by atoms with Gasteiger partial charge in [-0.15, -0.1) is 0 Å². The highest BCUT2D eigenvalue weighted by Crippen LogP contribution is 2.21. The van der Waals surface area contributed by atoms with Crippen molar-refractivity contribution in [3.63, 3.8) is 0 Å². The number of carbonyl (C=O) groups is 1. The van der Waals surface area contributed by atoms with Crippen LogP contribution < -0.4 is 20.7 Å². The molecule has 0 saturated heterocycles. The highest BCUT2D eigenvalue weighted by atomic mass is 16.5. The van der Waals surface area contributed by atoms with Crippen molar-refractivity contribution >= 4 is 11.9 Å².